The van der Waals surface area contributed by atoms with Crippen LogP contribution in [0.25, 0.3) is 0 Å². The Kier molecular flexibility index (Phi) is 6.15. The monoisotopic (exact) mass is 393 g/mol. The minimum Gasteiger partial charge on any atom is -0.489 e. The second kappa shape index (κ2) is 9.13. The van der Waals surface area contributed by atoms with Crippen LogP contribution in [-0.4, -0.2) is 26.2 Å². The summed E-state index contributed by atoms with van der Waals surface area (Å²) in [5, 5.41) is 0.807. The Bertz CT molecular complexity index is 875. The van der Waals surface area contributed by atoms with Crippen molar-refractivity contribution in [2.24, 2.45) is 0 Å². The van der Waals surface area contributed by atoms with Gasteiger partial charge in [0.25, 0.3) is 0 Å². The van der Waals surface area contributed by atoms with E-state index in [0.29, 0.717) is 6.61 Å². The van der Waals surface area contributed by atoms with Crippen molar-refractivity contribution in [2.45, 2.75) is 13.2 Å². The van der Waals surface area contributed by atoms with E-state index in [4.69, 9.17) is 16.3 Å². The van der Waals surface area contributed by atoms with Crippen LogP contribution in [0.5, 0.6) is 5.75 Å². The van der Waals surface area contributed by atoms with Crippen molar-refractivity contribution >= 4 is 17.3 Å². The predicted octanol–water partition coefficient (Wildman–Crippen LogP) is 3.82. The lowest BCUT2D eigenvalue weighted by Gasteiger charge is -2.33. The van der Waals surface area contributed by atoms with Gasteiger partial charge in [-0.3, -0.25) is 0 Å². The Labute approximate surface area is 172 Å². The van der Waals surface area contributed by atoms with Crippen LogP contribution < -0.4 is 14.5 Å². The van der Waals surface area contributed by atoms with Crippen LogP contribution in [0.2, 0.25) is 5.02 Å². The second-order valence-corrected chi connectivity index (χ2v) is 7.75. The van der Waals surface area contributed by atoms with Gasteiger partial charge in [0.15, 0.2) is 0 Å². The highest BCUT2D eigenvalue weighted by Crippen LogP contribution is 2.19. The van der Waals surface area contributed by atoms with Gasteiger partial charge in [-0.25, -0.2) is 0 Å². The average Bonchev–Trinajstić information content (AvgIpc) is 2.75. The first-order chi connectivity index (χ1) is 13.8. The lowest BCUT2D eigenvalue weighted by atomic mass is 10.2. The Morgan fingerprint density at radius 1 is 0.821 bits per heavy atom. The molecule has 3 aromatic carbocycles. The third-order valence-electron chi connectivity index (χ3n) is 5.27. The number of nitrogens with zero attached hydrogens (tertiary/aromatic N) is 1. The molecular weight excluding hydrogens is 368 g/mol. The van der Waals surface area contributed by atoms with Crippen molar-refractivity contribution in [1.82, 2.24) is 0 Å². The van der Waals surface area contributed by atoms with Crippen LogP contribution in [0.1, 0.15) is 11.1 Å². The summed E-state index contributed by atoms with van der Waals surface area (Å²) >= 11 is 6.13. The first-order valence-electron chi connectivity index (χ1n) is 9.86. The molecule has 4 heteroatoms. The number of nitrogens with one attached hydrogen (secondary N) is 1. The van der Waals surface area contributed by atoms with Gasteiger partial charge in [0, 0.05) is 16.3 Å². The number of benzene rings is 3. The minimum atomic E-state index is 0.608. The predicted molar refractivity (Wildman–Crippen MR) is 115 cm³/mol. The second-order valence-electron chi connectivity index (χ2n) is 7.31. The topological polar surface area (TPSA) is 16.9 Å². The molecule has 0 bridgehead atoms. The smallest absolute Gasteiger partial charge is 0.119 e. The summed E-state index contributed by atoms with van der Waals surface area (Å²) in [4.78, 5) is 4.05. The number of hydrogen-bond acceptors (Lipinski definition) is 2. The van der Waals surface area contributed by atoms with E-state index in [1.807, 2.05) is 30.3 Å². The fraction of sp³-hybridized carbons (Fsp3) is 0.250. The van der Waals surface area contributed by atoms with Gasteiger partial charge in [-0.15, -0.1) is 0 Å². The quantitative estimate of drug-likeness (QED) is 0.685. The Morgan fingerprint density at radius 2 is 1.57 bits per heavy atom. The maximum atomic E-state index is 6.13. The van der Waals surface area contributed by atoms with Crippen molar-refractivity contribution in [1.29, 1.82) is 0 Å². The molecule has 0 amide bonds. The van der Waals surface area contributed by atoms with Gasteiger partial charge in [0.2, 0.25) is 0 Å². The number of halogens is 1. The molecule has 1 N–H and O–H groups in total. The molecule has 144 valence electrons. The van der Waals surface area contributed by atoms with Crippen LogP contribution in [-0.2, 0) is 13.2 Å². The van der Waals surface area contributed by atoms with Gasteiger partial charge in [-0.05, 0) is 48.0 Å². The van der Waals surface area contributed by atoms with Crippen LogP contribution >= 0.6 is 11.6 Å². The molecule has 0 unspecified atom stereocenters. The van der Waals surface area contributed by atoms with Gasteiger partial charge in [-0.1, -0.05) is 48.0 Å². The van der Waals surface area contributed by atoms with E-state index >= 15 is 0 Å². The maximum absolute atomic E-state index is 6.13. The summed E-state index contributed by atoms with van der Waals surface area (Å²) < 4.78 is 5.89. The summed E-state index contributed by atoms with van der Waals surface area (Å²) in [5.41, 5.74) is 3.78. The number of rotatable bonds is 6. The highest BCUT2D eigenvalue weighted by atomic mass is 35.5. The largest absolute Gasteiger partial charge is 0.489 e. The van der Waals surface area contributed by atoms with Gasteiger partial charge in [0.1, 0.15) is 18.9 Å². The third-order valence-corrected chi connectivity index (χ3v) is 5.50. The standard InChI is InChI=1S/C24H25ClN2O/c25-22-7-4-8-23(17-22)27-15-13-26(14-16-27)18-20-9-11-24(12-10-20)28-19-21-5-2-1-3-6-21/h1-12,17H,13-16,18-19H2/p+1. The molecule has 28 heavy (non-hydrogen) atoms. The van der Waals surface area contributed by atoms with Crippen LogP contribution in [0.15, 0.2) is 78.9 Å². The fourth-order valence-electron chi connectivity index (χ4n) is 3.66. The molecule has 4 rings (SSSR count). The summed E-state index contributed by atoms with van der Waals surface area (Å²) in [6.45, 7) is 6.07. The van der Waals surface area contributed by atoms with Crippen molar-refractivity contribution in [3.05, 3.63) is 95.0 Å². The summed E-state index contributed by atoms with van der Waals surface area (Å²) in [6, 6.07) is 27.0. The zero-order valence-corrected chi connectivity index (χ0v) is 16.7. The van der Waals surface area contributed by atoms with Crippen molar-refractivity contribution < 1.29 is 9.64 Å². The van der Waals surface area contributed by atoms with Crippen LogP contribution in [0.4, 0.5) is 5.69 Å². The van der Waals surface area contributed by atoms with Crippen LogP contribution in [0.3, 0.4) is 0 Å². The highest BCUT2D eigenvalue weighted by molar-refractivity contribution is 6.30. The van der Waals surface area contributed by atoms with E-state index in [1.165, 1.54) is 16.8 Å². The molecule has 0 aliphatic carbocycles. The molecule has 1 heterocycles. The van der Waals surface area contributed by atoms with E-state index in [-0.39, 0.29) is 0 Å². The van der Waals surface area contributed by atoms with E-state index < -0.39 is 0 Å². The molecular formula is C24H26ClN2O+. The number of piperazine rings is 1. The molecule has 0 spiro atoms. The number of quaternary nitrogens is 1. The third kappa shape index (κ3) is 5.06. The summed E-state index contributed by atoms with van der Waals surface area (Å²) in [7, 11) is 0. The molecule has 0 aromatic heterocycles. The SMILES string of the molecule is Clc1cccc(N2CC[NH+](Cc3ccc(OCc4ccccc4)cc3)CC2)c1. The van der Waals surface area contributed by atoms with E-state index in [9.17, 15) is 0 Å². The lowest BCUT2D eigenvalue weighted by Crippen LogP contribution is -3.13. The minimum absolute atomic E-state index is 0.608. The van der Waals surface area contributed by atoms with Gasteiger partial charge < -0.3 is 14.5 Å². The summed E-state index contributed by atoms with van der Waals surface area (Å²) in [5.74, 6) is 0.924. The van der Waals surface area contributed by atoms with Gasteiger partial charge >= 0.3 is 0 Å². The van der Waals surface area contributed by atoms with E-state index in [1.54, 1.807) is 4.90 Å². The van der Waals surface area contributed by atoms with E-state index in [0.717, 1.165) is 43.5 Å². The fourth-order valence-corrected chi connectivity index (χ4v) is 3.85. The zero-order chi connectivity index (χ0) is 19.2. The van der Waals surface area contributed by atoms with Crippen molar-refractivity contribution in [3.63, 3.8) is 0 Å². The van der Waals surface area contributed by atoms with Crippen LogP contribution in [0, 0.1) is 0 Å². The summed E-state index contributed by atoms with van der Waals surface area (Å²) in [6.07, 6.45) is 0. The number of ether oxygens (including phenoxy) is 1. The Balaban J connectivity index is 1.26. The Hall–Kier alpha value is -2.49. The molecule has 0 atom stereocenters. The molecule has 1 fully saturated rings. The first-order valence-corrected chi connectivity index (χ1v) is 10.2. The molecule has 1 aliphatic rings. The number of anilines is 1. The normalized spacial score (nSPS) is 14.8. The van der Waals surface area contributed by atoms with Crippen molar-refractivity contribution in [3.8, 4) is 5.75 Å². The Morgan fingerprint density at radius 3 is 2.29 bits per heavy atom. The lowest BCUT2D eigenvalue weighted by molar-refractivity contribution is -0.914. The zero-order valence-electron chi connectivity index (χ0n) is 16.0. The molecule has 0 saturated carbocycles. The highest BCUT2D eigenvalue weighted by Gasteiger charge is 2.20. The van der Waals surface area contributed by atoms with Gasteiger partial charge in [0.05, 0.1) is 26.2 Å². The maximum Gasteiger partial charge on any atom is 0.119 e. The molecule has 1 saturated heterocycles. The molecule has 3 aromatic rings. The first kappa shape index (κ1) is 18.9. The number of hydrogen-bond donors (Lipinski definition) is 1. The molecule has 1 aliphatic heterocycles. The van der Waals surface area contributed by atoms with Gasteiger partial charge in [-0.2, -0.15) is 0 Å². The molecule has 3 nitrogen and oxygen atoms in total. The molecule has 0 radical (unpaired) electrons. The van der Waals surface area contributed by atoms with Crippen molar-refractivity contribution in [2.75, 3.05) is 31.1 Å². The average molecular weight is 394 g/mol. The van der Waals surface area contributed by atoms with E-state index in [2.05, 4.69) is 53.4 Å².